The standard InChI is InChI=1S/C20H29N5O2.2ClH/c1-21-19(16-12-23-24(2)14-16)20(26)22-13-18(25-10-4-5-11-25)15-6-8-17(27-3)9-7-15;;/h6-9,12,14,18-19,21H,4-5,10-11,13H2,1-3H3,(H,22,26);2*1H. The highest BCUT2D eigenvalue weighted by Gasteiger charge is 2.26. The van der Waals surface area contributed by atoms with Gasteiger partial charge in [-0.1, -0.05) is 12.1 Å². The third-order valence-electron chi connectivity index (χ3n) is 5.16. The lowest BCUT2D eigenvalue weighted by Gasteiger charge is -2.29. The normalized spacial score (nSPS) is 15.7. The van der Waals surface area contributed by atoms with E-state index >= 15 is 0 Å². The Bertz CT molecular complexity index is 748. The van der Waals surface area contributed by atoms with E-state index in [9.17, 15) is 4.79 Å². The number of carbonyl (C=O) groups excluding carboxylic acids is 1. The molecular formula is C20H31Cl2N5O2. The third kappa shape index (κ3) is 6.34. The van der Waals surface area contributed by atoms with Gasteiger partial charge in [0.2, 0.25) is 5.91 Å². The van der Waals surface area contributed by atoms with E-state index in [1.807, 2.05) is 25.4 Å². The van der Waals surface area contributed by atoms with E-state index in [0.717, 1.165) is 24.4 Å². The van der Waals surface area contributed by atoms with Crippen molar-refractivity contribution in [3.8, 4) is 5.75 Å². The van der Waals surface area contributed by atoms with Crippen LogP contribution in [0.15, 0.2) is 36.7 Å². The van der Waals surface area contributed by atoms with Crippen LogP contribution in [0.25, 0.3) is 0 Å². The number of carbonyl (C=O) groups is 1. The molecule has 0 radical (unpaired) electrons. The molecule has 2 heterocycles. The maximum absolute atomic E-state index is 12.8. The number of ether oxygens (including phenoxy) is 1. The molecule has 7 nitrogen and oxygen atoms in total. The molecule has 0 spiro atoms. The second kappa shape index (κ2) is 12.0. The summed E-state index contributed by atoms with van der Waals surface area (Å²) in [6, 6.07) is 7.89. The number of amides is 1. The third-order valence-corrected chi connectivity index (χ3v) is 5.16. The Morgan fingerprint density at radius 2 is 1.83 bits per heavy atom. The maximum atomic E-state index is 12.8. The zero-order chi connectivity index (χ0) is 19.2. The van der Waals surface area contributed by atoms with Crippen LogP contribution in [0.4, 0.5) is 0 Å². The minimum Gasteiger partial charge on any atom is -0.497 e. The predicted octanol–water partition coefficient (Wildman–Crippen LogP) is 2.49. The molecule has 1 aromatic heterocycles. The number of nitrogens with one attached hydrogen (secondary N) is 2. The number of rotatable bonds is 8. The summed E-state index contributed by atoms with van der Waals surface area (Å²) in [4.78, 5) is 15.2. The summed E-state index contributed by atoms with van der Waals surface area (Å²) in [6.07, 6.45) is 6.00. The number of hydrogen-bond acceptors (Lipinski definition) is 5. The zero-order valence-electron chi connectivity index (χ0n) is 17.1. The maximum Gasteiger partial charge on any atom is 0.241 e. The fourth-order valence-corrected chi connectivity index (χ4v) is 3.67. The molecule has 162 valence electrons. The molecule has 1 aliphatic heterocycles. The number of benzene rings is 1. The first kappa shape index (κ1) is 25.2. The number of halogens is 2. The van der Waals surface area contributed by atoms with E-state index in [4.69, 9.17) is 4.74 Å². The largest absolute Gasteiger partial charge is 0.497 e. The molecular weight excluding hydrogens is 413 g/mol. The summed E-state index contributed by atoms with van der Waals surface area (Å²) >= 11 is 0. The summed E-state index contributed by atoms with van der Waals surface area (Å²) in [7, 11) is 5.31. The second-order valence-electron chi connectivity index (χ2n) is 6.95. The average molecular weight is 444 g/mol. The van der Waals surface area contributed by atoms with Crippen molar-refractivity contribution in [2.75, 3.05) is 33.8 Å². The number of likely N-dealkylation sites (N-methyl/N-ethyl adjacent to an activating group) is 1. The molecule has 2 N–H and O–H groups in total. The van der Waals surface area contributed by atoms with E-state index in [1.54, 1.807) is 25.0 Å². The predicted molar refractivity (Wildman–Crippen MR) is 119 cm³/mol. The minimum atomic E-state index is -0.409. The number of methoxy groups -OCH3 is 1. The van der Waals surface area contributed by atoms with Crippen LogP contribution in [-0.2, 0) is 11.8 Å². The van der Waals surface area contributed by atoms with Crippen molar-refractivity contribution in [2.45, 2.75) is 24.9 Å². The molecule has 1 saturated heterocycles. The number of nitrogens with zero attached hydrogens (tertiary/aromatic N) is 3. The van der Waals surface area contributed by atoms with E-state index in [-0.39, 0.29) is 36.8 Å². The monoisotopic (exact) mass is 443 g/mol. The first-order chi connectivity index (χ1) is 13.1. The SMILES string of the molecule is CNC(C(=O)NCC(c1ccc(OC)cc1)N1CCCC1)c1cnn(C)c1.Cl.Cl. The topological polar surface area (TPSA) is 71.4 Å². The highest BCUT2D eigenvalue weighted by atomic mass is 35.5. The van der Waals surface area contributed by atoms with Crippen LogP contribution in [0, 0.1) is 0 Å². The number of likely N-dealkylation sites (tertiary alicyclic amines) is 1. The molecule has 1 aromatic carbocycles. The van der Waals surface area contributed by atoms with Gasteiger partial charge in [-0.05, 0) is 50.7 Å². The van der Waals surface area contributed by atoms with Crippen LogP contribution < -0.4 is 15.4 Å². The lowest BCUT2D eigenvalue weighted by molar-refractivity contribution is -0.123. The first-order valence-corrected chi connectivity index (χ1v) is 9.44. The van der Waals surface area contributed by atoms with E-state index < -0.39 is 6.04 Å². The second-order valence-corrected chi connectivity index (χ2v) is 6.95. The van der Waals surface area contributed by atoms with Crippen LogP contribution in [0.5, 0.6) is 5.75 Å². The smallest absolute Gasteiger partial charge is 0.241 e. The van der Waals surface area contributed by atoms with Gasteiger partial charge in [-0.25, -0.2) is 0 Å². The Kier molecular flexibility index (Phi) is 10.5. The molecule has 2 unspecified atom stereocenters. The molecule has 9 heteroatoms. The van der Waals surface area contributed by atoms with Crippen molar-refractivity contribution in [1.29, 1.82) is 0 Å². The van der Waals surface area contributed by atoms with Gasteiger partial charge in [-0.15, -0.1) is 24.8 Å². The molecule has 0 bridgehead atoms. The van der Waals surface area contributed by atoms with Gasteiger partial charge in [0.05, 0.1) is 19.3 Å². The summed E-state index contributed by atoms with van der Waals surface area (Å²) < 4.78 is 6.98. The molecule has 1 aliphatic rings. The van der Waals surface area contributed by atoms with Gasteiger partial charge in [0.1, 0.15) is 11.8 Å². The lowest BCUT2D eigenvalue weighted by Crippen LogP contribution is -2.41. The van der Waals surface area contributed by atoms with Gasteiger partial charge >= 0.3 is 0 Å². The van der Waals surface area contributed by atoms with Crippen LogP contribution in [-0.4, -0.2) is 54.4 Å². The summed E-state index contributed by atoms with van der Waals surface area (Å²) in [5.41, 5.74) is 2.06. The Hall–Kier alpha value is -1.80. The van der Waals surface area contributed by atoms with Crippen LogP contribution in [0.1, 0.15) is 36.1 Å². The van der Waals surface area contributed by atoms with E-state index in [1.165, 1.54) is 18.4 Å². The summed E-state index contributed by atoms with van der Waals surface area (Å²) in [6.45, 7) is 2.69. The molecule has 1 fully saturated rings. The molecule has 0 saturated carbocycles. The zero-order valence-corrected chi connectivity index (χ0v) is 18.8. The van der Waals surface area contributed by atoms with Crippen molar-refractivity contribution in [3.63, 3.8) is 0 Å². The van der Waals surface area contributed by atoms with E-state index in [0.29, 0.717) is 6.54 Å². The van der Waals surface area contributed by atoms with Gasteiger partial charge in [-0.3, -0.25) is 14.4 Å². The van der Waals surface area contributed by atoms with Gasteiger partial charge in [-0.2, -0.15) is 5.10 Å². The summed E-state index contributed by atoms with van der Waals surface area (Å²) in [5.74, 6) is 0.804. The fraction of sp³-hybridized carbons (Fsp3) is 0.500. The van der Waals surface area contributed by atoms with Crippen LogP contribution in [0.2, 0.25) is 0 Å². The Labute approximate surface area is 185 Å². The summed E-state index contributed by atoms with van der Waals surface area (Å²) in [5, 5.41) is 10.4. The number of aryl methyl sites for hydroxylation is 1. The lowest BCUT2D eigenvalue weighted by atomic mass is 10.0. The van der Waals surface area contributed by atoms with Crippen molar-refractivity contribution in [1.82, 2.24) is 25.3 Å². The molecule has 3 rings (SSSR count). The quantitative estimate of drug-likeness (QED) is 0.655. The van der Waals surface area contributed by atoms with Gasteiger partial charge in [0.15, 0.2) is 0 Å². The van der Waals surface area contributed by atoms with E-state index in [2.05, 4.69) is 32.8 Å². The Morgan fingerprint density at radius 1 is 1.17 bits per heavy atom. The Balaban J connectivity index is 0.00000210. The highest BCUT2D eigenvalue weighted by molar-refractivity contribution is 5.85. The average Bonchev–Trinajstić information content (AvgIpc) is 3.35. The highest BCUT2D eigenvalue weighted by Crippen LogP contribution is 2.26. The fourth-order valence-electron chi connectivity index (χ4n) is 3.67. The minimum absolute atomic E-state index is 0. The van der Waals surface area contributed by atoms with Crippen molar-refractivity contribution < 1.29 is 9.53 Å². The van der Waals surface area contributed by atoms with Crippen LogP contribution in [0.3, 0.4) is 0 Å². The molecule has 29 heavy (non-hydrogen) atoms. The number of aromatic nitrogens is 2. The number of hydrogen-bond donors (Lipinski definition) is 2. The van der Waals surface area contributed by atoms with Gasteiger partial charge in [0, 0.05) is 25.4 Å². The van der Waals surface area contributed by atoms with Gasteiger partial charge in [0.25, 0.3) is 0 Å². The molecule has 0 aliphatic carbocycles. The Morgan fingerprint density at radius 3 is 2.34 bits per heavy atom. The first-order valence-electron chi connectivity index (χ1n) is 9.44. The van der Waals surface area contributed by atoms with Crippen molar-refractivity contribution >= 4 is 30.7 Å². The van der Waals surface area contributed by atoms with Crippen molar-refractivity contribution in [2.24, 2.45) is 7.05 Å². The van der Waals surface area contributed by atoms with Crippen molar-refractivity contribution in [3.05, 3.63) is 47.8 Å². The molecule has 2 atom stereocenters. The molecule has 2 aromatic rings. The molecule has 1 amide bonds. The van der Waals surface area contributed by atoms with Crippen LogP contribution >= 0.6 is 24.8 Å². The van der Waals surface area contributed by atoms with Gasteiger partial charge < -0.3 is 15.4 Å².